The quantitative estimate of drug-likeness (QED) is 0.912. The van der Waals surface area contributed by atoms with Crippen molar-refractivity contribution in [3.05, 3.63) is 58.4 Å². The van der Waals surface area contributed by atoms with Crippen molar-refractivity contribution in [3.63, 3.8) is 0 Å². The molecule has 1 aromatic heterocycles. The SMILES string of the molecule is CC(C)CCn1c(-c2ccccc2)ccc(C(C)N)c1=O. The van der Waals surface area contributed by atoms with Gasteiger partial charge in [0, 0.05) is 18.2 Å². The zero-order chi connectivity index (χ0) is 15.4. The van der Waals surface area contributed by atoms with Crippen molar-refractivity contribution in [2.45, 2.75) is 39.8 Å². The molecular weight excluding hydrogens is 260 g/mol. The van der Waals surface area contributed by atoms with Gasteiger partial charge in [-0.15, -0.1) is 0 Å². The van der Waals surface area contributed by atoms with Gasteiger partial charge in [0.15, 0.2) is 0 Å². The standard InChI is InChI=1S/C18H24N2O/c1-13(2)11-12-20-17(15-7-5-4-6-8-15)10-9-16(14(3)19)18(20)21/h4-10,13-14H,11-12,19H2,1-3H3. The summed E-state index contributed by atoms with van der Waals surface area (Å²) in [5.41, 5.74) is 8.66. The predicted octanol–water partition coefficient (Wildman–Crippen LogP) is 3.58. The molecule has 2 rings (SSSR count). The average Bonchev–Trinajstić information content (AvgIpc) is 2.46. The minimum Gasteiger partial charge on any atom is -0.324 e. The van der Waals surface area contributed by atoms with Crippen molar-refractivity contribution in [3.8, 4) is 11.3 Å². The molecule has 0 radical (unpaired) electrons. The number of hydrogen-bond donors (Lipinski definition) is 1. The average molecular weight is 284 g/mol. The molecule has 21 heavy (non-hydrogen) atoms. The van der Waals surface area contributed by atoms with Crippen molar-refractivity contribution in [2.75, 3.05) is 0 Å². The Hall–Kier alpha value is -1.87. The molecule has 112 valence electrons. The highest BCUT2D eigenvalue weighted by molar-refractivity contribution is 5.59. The van der Waals surface area contributed by atoms with Crippen molar-refractivity contribution < 1.29 is 0 Å². The van der Waals surface area contributed by atoms with Crippen molar-refractivity contribution in [1.82, 2.24) is 4.57 Å². The second-order valence-corrected chi connectivity index (χ2v) is 5.97. The summed E-state index contributed by atoms with van der Waals surface area (Å²) in [6, 6.07) is 13.7. The lowest BCUT2D eigenvalue weighted by Gasteiger charge is -2.17. The summed E-state index contributed by atoms with van der Waals surface area (Å²) < 4.78 is 1.87. The van der Waals surface area contributed by atoms with E-state index >= 15 is 0 Å². The first kappa shape index (κ1) is 15.5. The maximum absolute atomic E-state index is 12.7. The van der Waals surface area contributed by atoms with E-state index in [1.165, 1.54) is 0 Å². The van der Waals surface area contributed by atoms with Crippen LogP contribution in [0.3, 0.4) is 0 Å². The second kappa shape index (κ2) is 6.72. The van der Waals surface area contributed by atoms with E-state index in [1.54, 1.807) is 0 Å². The van der Waals surface area contributed by atoms with E-state index in [2.05, 4.69) is 13.8 Å². The minimum atomic E-state index is -0.243. The van der Waals surface area contributed by atoms with E-state index in [4.69, 9.17) is 5.73 Å². The van der Waals surface area contributed by atoms with Crippen LogP contribution in [0.25, 0.3) is 11.3 Å². The number of nitrogens with zero attached hydrogens (tertiary/aromatic N) is 1. The van der Waals surface area contributed by atoms with E-state index in [-0.39, 0.29) is 11.6 Å². The number of pyridine rings is 1. The number of benzene rings is 1. The van der Waals surface area contributed by atoms with Gasteiger partial charge in [-0.25, -0.2) is 0 Å². The van der Waals surface area contributed by atoms with Crippen LogP contribution in [0, 0.1) is 5.92 Å². The lowest BCUT2D eigenvalue weighted by Crippen LogP contribution is -2.28. The molecule has 2 N–H and O–H groups in total. The molecule has 0 aliphatic heterocycles. The van der Waals surface area contributed by atoms with Crippen LogP contribution in [-0.4, -0.2) is 4.57 Å². The molecule has 3 nitrogen and oxygen atoms in total. The van der Waals surface area contributed by atoms with Crippen LogP contribution in [0.1, 0.15) is 38.8 Å². The molecule has 0 aliphatic rings. The fourth-order valence-electron chi connectivity index (χ4n) is 2.41. The number of rotatable bonds is 5. The fraction of sp³-hybridized carbons (Fsp3) is 0.389. The molecule has 0 amide bonds. The summed E-state index contributed by atoms with van der Waals surface area (Å²) in [5, 5.41) is 0. The van der Waals surface area contributed by atoms with Gasteiger partial charge in [0.05, 0.1) is 5.69 Å². The molecule has 1 heterocycles. The van der Waals surface area contributed by atoms with E-state index in [0.29, 0.717) is 11.5 Å². The first-order chi connectivity index (χ1) is 10.0. The Balaban J connectivity index is 2.54. The van der Waals surface area contributed by atoms with Gasteiger partial charge in [-0.3, -0.25) is 4.79 Å². The number of aromatic nitrogens is 1. The zero-order valence-corrected chi connectivity index (χ0v) is 13.0. The Morgan fingerprint density at radius 1 is 1.05 bits per heavy atom. The van der Waals surface area contributed by atoms with E-state index in [9.17, 15) is 4.79 Å². The first-order valence-corrected chi connectivity index (χ1v) is 7.55. The molecule has 1 aromatic carbocycles. The molecule has 0 fully saturated rings. The minimum absolute atomic E-state index is 0.0343. The molecular formula is C18H24N2O. The van der Waals surface area contributed by atoms with Crippen LogP contribution in [0.4, 0.5) is 0 Å². The molecule has 0 saturated carbocycles. The van der Waals surface area contributed by atoms with E-state index in [1.807, 2.05) is 54.0 Å². The van der Waals surface area contributed by atoms with Gasteiger partial charge in [0.25, 0.3) is 5.56 Å². The smallest absolute Gasteiger partial charge is 0.255 e. The van der Waals surface area contributed by atoms with Crippen LogP contribution in [0.2, 0.25) is 0 Å². The van der Waals surface area contributed by atoms with Crippen LogP contribution < -0.4 is 11.3 Å². The Morgan fingerprint density at radius 3 is 2.29 bits per heavy atom. The highest BCUT2D eigenvalue weighted by Gasteiger charge is 2.13. The second-order valence-electron chi connectivity index (χ2n) is 5.97. The van der Waals surface area contributed by atoms with Crippen LogP contribution >= 0.6 is 0 Å². The molecule has 2 aromatic rings. The summed E-state index contributed by atoms with van der Waals surface area (Å²) in [6.07, 6.45) is 0.974. The molecule has 0 aliphatic carbocycles. The van der Waals surface area contributed by atoms with E-state index in [0.717, 1.165) is 24.2 Å². The zero-order valence-electron chi connectivity index (χ0n) is 13.0. The highest BCUT2D eigenvalue weighted by Crippen LogP contribution is 2.20. The van der Waals surface area contributed by atoms with Crippen LogP contribution in [-0.2, 0) is 6.54 Å². The molecule has 0 saturated heterocycles. The fourth-order valence-corrected chi connectivity index (χ4v) is 2.41. The number of nitrogens with two attached hydrogens (primary N) is 1. The Labute approximate surface area is 126 Å². The van der Waals surface area contributed by atoms with Gasteiger partial charge in [-0.05, 0) is 37.0 Å². The topological polar surface area (TPSA) is 48.0 Å². The van der Waals surface area contributed by atoms with Crippen LogP contribution in [0.5, 0.6) is 0 Å². The third-order valence-corrected chi connectivity index (χ3v) is 3.69. The molecule has 0 bridgehead atoms. The number of hydrogen-bond acceptors (Lipinski definition) is 2. The molecule has 1 unspecified atom stereocenters. The summed E-state index contributed by atoms with van der Waals surface area (Å²) >= 11 is 0. The molecule has 0 spiro atoms. The summed E-state index contributed by atoms with van der Waals surface area (Å²) in [4.78, 5) is 12.7. The van der Waals surface area contributed by atoms with Crippen molar-refractivity contribution in [1.29, 1.82) is 0 Å². The summed E-state index contributed by atoms with van der Waals surface area (Å²) in [5.74, 6) is 0.555. The van der Waals surface area contributed by atoms with Gasteiger partial charge < -0.3 is 10.3 Å². The predicted molar refractivity (Wildman–Crippen MR) is 88.2 cm³/mol. The van der Waals surface area contributed by atoms with Crippen LogP contribution in [0.15, 0.2) is 47.3 Å². The summed E-state index contributed by atoms with van der Waals surface area (Å²) in [6.45, 7) is 6.91. The Morgan fingerprint density at radius 2 is 1.71 bits per heavy atom. The maximum atomic E-state index is 12.7. The third-order valence-electron chi connectivity index (χ3n) is 3.69. The molecule has 3 heteroatoms. The van der Waals surface area contributed by atoms with Gasteiger partial charge in [0.2, 0.25) is 0 Å². The summed E-state index contributed by atoms with van der Waals surface area (Å²) in [7, 11) is 0. The Bertz CT molecular complexity index is 642. The Kier molecular flexibility index (Phi) is 4.97. The van der Waals surface area contributed by atoms with Gasteiger partial charge in [0.1, 0.15) is 0 Å². The van der Waals surface area contributed by atoms with Gasteiger partial charge in [-0.2, -0.15) is 0 Å². The normalized spacial score (nSPS) is 12.6. The van der Waals surface area contributed by atoms with Gasteiger partial charge >= 0.3 is 0 Å². The van der Waals surface area contributed by atoms with Crippen molar-refractivity contribution >= 4 is 0 Å². The monoisotopic (exact) mass is 284 g/mol. The lowest BCUT2D eigenvalue weighted by atomic mass is 10.1. The largest absolute Gasteiger partial charge is 0.324 e. The lowest BCUT2D eigenvalue weighted by molar-refractivity contribution is 0.508. The van der Waals surface area contributed by atoms with Gasteiger partial charge in [-0.1, -0.05) is 44.2 Å². The van der Waals surface area contributed by atoms with Crippen molar-refractivity contribution in [2.24, 2.45) is 11.7 Å². The first-order valence-electron chi connectivity index (χ1n) is 7.55. The third kappa shape index (κ3) is 3.61. The molecule has 1 atom stereocenters. The maximum Gasteiger partial charge on any atom is 0.255 e. The van der Waals surface area contributed by atoms with E-state index < -0.39 is 0 Å². The highest BCUT2D eigenvalue weighted by atomic mass is 16.1.